The highest BCUT2D eigenvalue weighted by Gasteiger charge is 2.29. The van der Waals surface area contributed by atoms with Crippen molar-refractivity contribution in [3.8, 4) is 0 Å². The molecule has 2 fully saturated rings. The molecule has 2 aromatic rings. The van der Waals surface area contributed by atoms with Crippen molar-refractivity contribution < 1.29 is 23.0 Å². The lowest BCUT2D eigenvalue weighted by atomic mass is 10.1. The van der Waals surface area contributed by atoms with Crippen LogP contribution in [0.3, 0.4) is 0 Å². The minimum Gasteiger partial charge on any atom is -0.392 e. The highest BCUT2D eigenvalue weighted by atomic mass is 32.2. The zero-order valence-electron chi connectivity index (χ0n) is 16.7. The van der Waals surface area contributed by atoms with Gasteiger partial charge in [-0.15, -0.1) is 0 Å². The molecule has 4 rings (SSSR count). The van der Waals surface area contributed by atoms with Crippen LogP contribution in [0.25, 0.3) is 10.9 Å². The average Bonchev–Trinajstić information content (AvgIpc) is 3.19. The van der Waals surface area contributed by atoms with Crippen LogP contribution in [0.1, 0.15) is 37.7 Å². The summed E-state index contributed by atoms with van der Waals surface area (Å²) in [5, 5.41) is 10.4. The summed E-state index contributed by atoms with van der Waals surface area (Å²) in [7, 11) is -3.46. The molecule has 2 atom stereocenters. The van der Waals surface area contributed by atoms with Gasteiger partial charge >= 0.3 is 0 Å². The van der Waals surface area contributed by atoms with Crippen molar-refractivity contribution in [2.24, 2.45) is 0 Å². The molecule has 0 bridgehead atoms. The Morgan fingerprint density at radius 3 is 2.83 bits per heavy atom. The molecule has 0 radical (unpaired) electrons. The van der Waals surface area contributed by atoms with Crippen LogP contribution in [0.15, 0.2) is 29.3 Å². The summed E-state index contributed by atoms with van der Waals surface area (Å²) in [6.45, 7) is 2.03. The number of anilines is 1. The lowest BCUT2D eigenvalue weighted by Crippen LogP contribution is -2.36. The van der Waals surface area contributed by atoms with Gasteiger partial charge in [0, 0.05) is 30.5 Å². The third-order valence-corrected chi connectivity index (χ3v) is 6.66. The number of ether oxygens (including phenoxy) is 2. The second-order valence-electron chi connectivity index (χ2n) is 7.88. The highest BCUT2D eigenvalue weighted by Crippen LogP contribution is 2.34. The molecule has 0 aliphatic carbocycles. The Labute approximate surface area is 171 Å². The summed E-state index contributed by atoms with van der Waals surface area (Å²) in [5.74, 6) is 0. The fourth-order valence-electron chi connectivity index (χ4n) is 4.15. The molecule has 2 aliphatic rings. The summed E-state index contributed by atoms with van der Waals surface area (Å²) in [6, 6.07) is 7.35. The molecule has 1 aromatic carbocycles. The standard InChI is InChI=1S/C21H28N2O5S/c1-29(25,26)20-12-19(17-8-7-15(13-24)11-18(17)22-20)23-9-4-5-16(23)14-28-21-6-2-3-10-27-21/h7-8,11-12,16,21,24H,2-6,9-10,13-14H2,1H3/t16-,21?/m0/s1. The minimum atomic E-state index is -3.46. The average molecular weight is 421 g/mol. The lowest BCUT2D eigenvalue weighted by molar-refractivity contribution is -0.164. The quantitative estimate of drug-likeness (QED) is 0.768. The predicted octanol–water partition coefficient (Wildman–Crippen LogP) is 2.64. The molecule has 3 heterocycles. The summed E-state index contributed by atoms with van der Waals surface area (Å²) >= 11 is 0. The van der Waals surface area contributed by atoms with Gasteiger partial charge in [0.2, 0.25) is 0 Å². The van der Waals surface area contributed by atoms with Gasteiger partial charge in [-0.3, -0.25) is 0 Å². The smallest absolute Gasteiger partial charge is 0.192 e. The fraction of sp³-hybridized carbons (Fsp3) is 0.571. The summed E-state index contributed by atoms with van der Waals surface area (Å²) in [5.41, 5.74) is 2.14. The Morgan fingerprint density at radius 2 is 2.10 bits per heavy atom. The number of hydrogen-bond acceptors (Lipinski definition) is 7. The van der Waals surface area contributed by atoms with Gasteiger partial charge in [0.05, 0.1) is 24.8 Å². The minimum absolute atomic E-state index is 0.0530. The van der Waals surface area contributed by atoms with Crippen LogP contribution >= 0.6 is 0 Å². The number of fused-ring (bicyclic) bond motifs is 1. The van der Waals surface area contributed by atoms with Crippen LogP contribution < -0.4 is 4.90 Å². The van der Waals surface area contributed by atoms with Gasteiger partial charge in [-0.05, 0) is 49.8 Å². The van der Waals surface area contributed by atoms with E-state index in [4.69, 9.17) is 9.47 Å². The van der Waals surface area contributed by atoms with Gasteiger partial charge in [-0.2, -0.15) is 0 Å². The second kappa shape index (κ2) is 8.55. The largest absolute Gasteiger partial charge is 0.392 e. The van der Waals surface area contributed by atoms with Crippen LogP contribution in [-0.4, -0.2) is 56.9 Å². The molecule has 8 heteroatoms. The van der Waals surface area contributed by atoms with Gasteiger partial charge in [-0.1, -0.05) is 12.1 Å². The third kappa shape index (κ3) is 4.55. The van der Waals surface area contributed by atoms with Crippen molar-refractivity contribution >= 4 is 26.4 Å². The Kier molecular flexibility index (Phi) is 6.06. The first-order chi connectivity index (χ1) is 14.0. The SMILES string of the molecule is CS(=O)(=O)c1cc(N2CCC[C@H]2COC2CCCCO2)c2ccc(CO)cc2n1. The number of benzene rings is 1. The molecule has 1 aromatic heterocycles. The first-order valence-electron chi connectivity index (χ1n) is 10.2. The van der Waals surface area contributed by atoms with E-state index in [2.05, 4.69) is 9.88 Å². The first kappa shape index (κ1) is 20.5. The number of pyridine rings is 1. The van der Waals surface area contributed by atoms with Crippen LogP contribution in [0.4, 0.5) is 5.69 Å². The molecule has 1 N–H and O–H groups in total. The number of aliphatic hydroxyl groups excluding tert-OH is 1. The maximum absolute atomic E-state index is 12.2. The summed E-state index contributed by atoms with van der Waals surface area (Å²) in [6.07, 6.45) is 6.17. The number of aromatic nitrogens is 1. The Morgan fingerprint density at radius 1 is 1.24 bits per heavy atom. The van der Waals surface area contributed by atoms with E-state index in [1.165, 1.54) is 6.26 Å². The van der Waals surface area contributed by atoms with Gasteiger partial charge in [0.25, 0.3) is 0 Å². The van der Waals surface area contributed by atoms with E-state index in [1.54, 1.807) is 12.1 Å². The molecule has 29 heavy (non-hydrogen) atoms. The van der Waals surface area contributed by atoms with E-state index in [0.717, 1.165) is 56.3 Å². The van der Waals surface area contributed by atoms with Crippen molar-refractivity contribution in [1.82, 2.24) is 4.98 Å². The number of hydrogen-bond donors (Lipinski definition) is 1. The maximum Gasteiger partial charge on any atom is 0.192 e. The monoisotopic (exact) mass is 420 g/mol. The normalized spacial score (nSPS) is 23.0. The Hall–Kier alpha value is -1.74. The van der Waals surface area contributed by atoms with E-state index >= 15 is 0 Å². The van der Waals surface area contributed by atoms with E-state index in [0.29, 0.717) is 17.7 Å². The first-order valence-corrected chi connectivity index (χ1v) is 12.1. The number of nitrogens with zero attached hydrogens (tertiary/aromatic N) is 2. The fourth-order valence-corrected chi connectivity index (χ4v) is 4.73. The molecule has 2 aliphatic heterocycles. The van der Waals surface area contributed by atoms with E-state index in [9.17, 15) is 13.5 Å². The molecule has 1 unspecified atom stereocenters. The zero-order chi connectivity index (χ0) is 20.4. The maximum atomic E-state index is 12.2. The molecule has 2 saturated heterocycles. The van der Waals surface area contributed by atoms with Gasteiger partial charge in [0.1, 0.15) is 0 Å². The molecular weight excluding hydrogens is 392 g/mol. The van der Waals surface area contributed by atoms with E-state index < -0.39 is 9.84 Å². The number of rotatable bonds is 6. The molecular formula is C21H28N2O5S. The van der Waals surface area contributed by atoms with Crippen molar-refractivity contribution in [2.75, 3.05) is 30.9 Å². The number of sulfone groups is 1. The van der Waals surface area contributed by atoms with Crippen molar-refractivity contribution in [2.45, 2.75) is 56.1 Å². The van der Waals surface area contributed by atoms with Crippen molar-refractivity contribution in [3.05, 3.63) is 29.8 Å². The summed E-state index contributed by atoms with van der Waals surface area (Å²) < 4.78 is 36.2. The molecule has 0 saturated carbocycles. The van der Waals surface area contributed by atoms with Gasteiger partial charge in [-0.25, -0.2) is 13.4 Å². The Bertz CT molecular complexity index is 972. The van der Waals surface area contributed by atoms with Crippen molar-refractivity contribution in [1.29, 1.82) is 0 Å². The lowest BCUT2D eigenvalue weighted by Gasteiger charge is -2.30. The van der Waals surface area contributed by atoms with Gasteiger partial charge in [0.15, 0.2) is 21.2 Å². The van der Waals surface area contributed by atoms with Crippen LogP contribution in [0.2, 0.25) is 0 Å². The molecule has 0 amide bonds. The van der Waals surface area contributed by atoms with Crippen LogP contribution in [0, 0.1) is 0 Å². The molecule has 0 spiro atoms. The Balaban J connectivity index is 1.67. The highest BCUT2D eigenvalue weighted by molar-refractivity contribution is 7.90. The van der Waals surface area contributed by atoms with Crippen LogP contribution in [0.5, 0.6) is 0 Å². The summed E-state index contributed by atoms with van der Waals surface area (Å²) in [4.78, 5) is 6.59. The predicted molar refractivity (Wildman–Crippen MR) is 111 cm³/mol. The van der Waals surface area contributed by atoms with Gasteiger partial charge < -0.3 is 19.5 Å². The van der Waals surface area contributed by atoms with E-state index in [-0.39, 0.29) is 24.0 Å². The van der Waals surface area contributed by atoms with E-state index in [1.807, 2.05) is 12.1 Å². The second-order valence-corrected chi connectivity index (χ2v) is 9.84. The molecule has 158 valence electrons. The zero-order valence-corrected chi connectivity index (χ0v) is 17.5. The topological polar surface area (TPSA) is 89.0 Å². The molecule has 7 nitrogen and oxygen atoms in total. The van der Waals surface area contributed by atoms with Crippen molar-refractivity contribution in [3.63, 3.8) is 0 Å². The third-order valence-electron chi connectivity index (χ3n) is 5.69. The van der Waals surface area contributed by atoms with Crippen LogP contribution in [-0.2, 0) is 25.9 Å². The number of aliphatic hydroxyl groups is 1.